The molecular formula is C10H11Cl2FN2S2. The summed E-state index contributed by atoms with van der Waals surface area (Å²) in [5.74, 6) is 1.98. The number of hydrogen-bond donors (Lipinski definition) is 0. The lowest BCUT2D eigenvalue weighted by atomic mass is 10.2. The first kappa shape index (κ1) is 13.7. The molecule has 0 aliphatic carbocycles. The van der Waals surface area contributed by atoms with Gasteiger partial charge in [0.1, 0.15) is 5.82 Å². The van der Waals surface area contributed by atoms with Crippen LogP contribution >= 0.6 is 46.7 Å². The summed E-state index contributed by atoms with van der Waals surface area (Å²) in [5.41, 5.74) is 0. The Balaban J connectivity index is 2.32. The second-order valence-corrected chi connectivity index (χ2v) is 6.90. The Bertz CT molecular complexity index is 396. The summed E-state index contributed by atoms with van der Waals surface area (Å²) in [6, 6.07) is 0. The van der Waals surface area contributed by atoms with Crippen molar-refractivity contribution in [3.05, 3.63) is 21.9 Å². The van der Waals surface area contributed by atoms with E-state index in [1.165, 1.54) is 0 Å². The molecule has 0 N–H and O–H groups in total. The van der Waals surface area contributed by atoms with Gasteiger partial charge in [-0.05, 0) is 6.42 Å². The van der Waals surface area contributed by atoms with Crippen LogP contribution in [0.25, 0.3) is 0 Å². The molecule has 0 spiro atoms. The van der Waals surface area contributed by atoms with Gasteiger partial charge in [0, 0.05) is 16.8 Å². The van der Waals surface area contributed by atoms with Crippen molar-refractivity contribution in [3.8, 4) is 0 Å². The monoisotopic (exact) mass is 312 g/mol. The largest absolute Gasteiger partial charge is 0.217 e. The zero-order valence-electron chi connectivity index (χ0n) is 9.12. The van der Waals surface area contributed by atoms with Crippen LogP contribution in [0.2, 0.25) is 10.3 Å². The van der Waals surface area contributed by atoms with Crippen molar-refractivity contribution in [2.24, 2.45) is 0 Å². The van der Waals surface area contributed by atoms with Crippen LogP contribution in [0.15, 0.2) is 0 Å². The molecule has 1 aromatic rings. The highest BCUT2D eigenvalue weighted by molar-refractivity contribution is 8.06. The Morgan fingerprint density at radius 3 is 2.41 bits per heavy atom. The molecule has 2 heterocycles. The van der Waals surface area contributed by atoms with E-state index in [9.17, 15) is 4.39 Å². The van der Waals surface area contributed by atoms with Gasteiger partial charge in [-0.25, -0.2) is 14.4 Å². The van der Waals surface area contributed by atoms with E-state index in [1.54, 1.807) is 11.8 Å². The standard InChI is InChI=1S/C10H11Cl2FN2S2/c1-2-5-7(17-4-3-16-5)10-14-8(11)6(13)9(12)15-10/h5,7H,2-4H2,1H3. The van der Waals surface area contributed by atoms with Gasteiger partial charge < -0.3 is 0 Å². The van der Waals surface area contributed by atoms with Gasteiger partial charge in [0.25, 0.3) is 0 Å². The molecule has 1 aromatic heterocycles. The lowest BCUT2D eigenvalue weighted by Gasteiger charge is -2.28. The fourth-order valence-electron chi connectivity index (χ4n) is 1.68. The molecule has 7 heteroatoms. The van der Waals surface area contributed by atoms with E-state index in [0.29, 0.717) is 11.1 Å². The summed E-state index contributed by atoms with van der Waals surface area (Å²) in [6.45, 7) is 2.13. The molecule has 1 aliphatic heterocycles. The molecule has 1 aliphatic rings. The second-order valence-electron chi connectivity index (χ2n) is 3.59. The maximum Gasteiger partial charge on any atom is 0.197 e. The van der Waals surface area contributed by atoms with E-state index in [0.717, 1.165) is 17.9 Å². The quantitative estimate of drug-likeness (QED) is 0.763. The fourth-order valence-corrected chi connectivity index (χ4v) is 5.07. The molecule has 2 nitrogen and oxygen atoms in total. The van der Waals surface area contributed by atoms with Gasteiger partial charge in [0.05, 0.1) is 5.25 Å². The Kier molecular flexibility index (Phi) is 4.80. The van der Waals surface area contributed by atoms with Gasteiger partial charge in [-0.15, -0.1) is 11.8 Å². The van der Waals surface area contributed by atoms with Crippen molar-refractivity contribution >= 4 is 46.7 Å². The molecule has 0 amide bonds. The minimum Gasteiger partial charge on any atom is -0.217 e. The van der Waals surface area contributed by atoms with Crippen molar-refractivity contribution in [3.63, 3.8) is 0 Å². The van der Waals surface area contributed by atoms with Gasteiger partial charge in [-0.1, -0.05) is 30.1 Å². The average molecular weight is 313 g/mol. The Hall–Kier alpha value is 0.290. The molecule has 0 saturated carbocycles. The summed E-state index contributed by atoms with van der Waals surface area (Å²) in [6.07, 6.45) is 1.03. The van der Waals surface area contributed by atoms with Gasteiger partial charge in [-0.2, -0.15) is 11.8 Å². The third-order valence-electron chi connectivity index (χ3n) is 2.49. The highest BCUT2D eigenvalue weighted by Gasteiger charge is 2.29. The Labute approximate surface area is 118 Å². The lowest BCUT2D eigenvalue weighted by molar-refractivity contribution is 0.606. The molecular weight excluding hydrogens is 302 g/mol. The number of rotatable bonds is 2. The summed E-state index contributed by atoms with van der Waals surface area (Å²) in [7, 11) is 0. The van der Waals surface area contributed by atoms with Crippen LogP contribution in [-0.2, 0) is 0 Å². The number of halogens is 3. The first-order valence-electron chi connectivity index (χ1n) is 5.25. The van der Waals surface area contributed by atoms with Gasteiger partial charge >= 0.3 is 0 Å². The van der Waals surface area contributed by atoms with Crippen molar-refractivity contribution in [2.75, 3.05) is 11.5 Å². The molecule has 2 unspecified atom stereocenters. The fraction of sp³-hybridized carbons (Fsp3) is 0.600. The van der Waals surface area contributed by atoms with E-state index in [1.807, 2.05) is 11.8 Å². The van der Waals surface area contributed by atoms with E-state index < -0.39 is 5.82 Å². The smallest absolute Gasteiger partial charge is 0.197 e. The minimum absolute atomic E-state index is 0.148. The molecule has 1 saturated heterocycles. The third-order valence-corrected chi connectivity index (χ3v) is 6.24. The van der Waals surface area contributed by atoms with Gasteiger partial charge in [-0.3, -0.25) is 0 Å². The molecule has 2 atom stereocenters. The van der Waals surface area contributed by atoms with E-state index in [-0.39, 0.29) is 15.6 Å². The Morgan fingerprint density at radius 1 is 1.24 bits per heavy atom. The lowest BCUT2D eigenvalue weighted by Crippen LogP contribution is -2.20. The minimum atomic E-state index is -0.737. The van der Waals surface area contributed by atoms with Crippen LogP contribution in [-0.4, -0.2) is 26.7 Å². The number of aromatic nitrogens is 2. The summed E-state index contributed by atoms with van der Waals surface area (Å²) < 4.78 is 13.3. The van der Waals surface area contributed by atoms with Crippen LogP contribution in [0.1, 0.15) is 24.4 Å². The van der Waals surface area contributed by atoms with Crippen LogP contribution in [0.5, 0.6) is 0 Å². The first-order chi connectivity index (χ1) is 8.13. The van der Waals surface area contributed by atoms with Crippen LogP contribution in [0.3, 0.4) is 0 Å². The zero-order valence-corrected chi connectivity index (χ0v) is 12.3. The van der Waals surface area contributed by atoms with E-state index >= 15 is 0 Å². The van der Waals surface area contributed by atoms with Gasteiger partial charge in [0.15, 0.2) is 16.1 Å². The summed E-state index contributed by atoms with van der Waals surface area (Å²) >= 11 is 15.1. The average Bonchev–Trinajstić information content (AvgIpc) is 2.35. The predicted molar refractivity (Wildman–Crippen MR) is 73.7 cm³/mol. The van der Waals surface area contributed by atoms with Crippen LogP contribution in [0, 0.1) is 5.82 Å². The van der Waals surface area contributed by atoms with Crippen molar-refractivity contribution < 1.29 is 4.39 Å². The predicted octanol–water partition coefficient (Wildman–Crippen LogP) is 4.22. The number of nitrogens with zero attached hydrogens (tertiary/aromatic N) is 2. The Morgan fingerprint density at radius 2 is 1.82 bits per heavy atom. The van der Waals surface area contributed by atoms with Crippen molar-refractivity contribution in [1.29, 1.82) is 0 Å². The third kappa shape index (κ3) is 3.00. The molecule has 0 radical (unpaired) electrons. The van der Waals surface area contributed by atoms with Crippen molar-refractivity contribution in [1.82, 2.24) is 9.97 Å². The summed E-state index contributed by atoms with van der Waals surface area (Å²) in [5, 5.41) is 0.206. The maximum absolute atomic E-state index is 13.3. The number of thioether (sulfide) groups is 2. The number of hydrogen-bond acceptors (Lipinski definition) is 4. The normalized spacial score (nSPS) is 24.9. The molecule has 17 heavy (non-hydrogen) atoms. The van der Waals surface area contributed by atoms with Crippen LogP contribution in [0.4, 0.5) is 4.39 Å². The van der Waals surface area contributed by atoms with Gasteiger partial charge in [0.2, 0.25) is 0 Å². The zero-order chi connectivity index (χ0) is 12.4. The molecule has 0 aromatic carbocycles. The SMILES string of the molecule is CCC1SCCSC1c1nc(Cl)c(F)c(Cl)n1. The van der Waals surface area contributed by atoms with E-state index in [4.69, 9.17) is 23.2 Å². The summed E-state index contributed by atoms with van der Waals surface area (Å²) in [4.78, 5) is 8.03. The molecule has 1 fully saturated rings. The molecule has 2 rings (SSSR count). The highest BCUT2D eigenvalue weighted by Crippen LogP contribution is 2.43. The highest BCUT2D eigenvalue weighted by atomic mass is 35.5. The molecule has 94 valence electrons. The van der Waals surface area contributed by atoms with Crippen LogP contribution < -0.4 is 0 Å². The van der Waals surface area contributed by atoms with Crippen molar-refractivity contribution in [2.45, 2.75) is 23.8 Å². The maximum atomic E-state index is 13.3. The van der Waals surface area contributed by atoms with E-state index in [2.05, 4.69) is 16.9 Å². The topological polar surface area (TPSA) is 25.8 Å². The second kappa shape index (κ2) is 5.95. The first-order valence-corrected chi connectivity index (χ1v) is 8.10. The molecule has 0 bridgehead atoms.